The molecule has 1 aromatic rings. The van der Waals surface area contributed by atoms with E-state index in [-0.39, 0.29) is 0 Å². The maximum atomic E-state index is 4.83. The van der Waals surface area contributed by atoms with Crippen LogP contribution in [0.1, 0.15) is 67.1 Å². The van der Waals surface area contributed by atoms with E-state index in [1.165, 1.54) is 42.0 Å². The van der Waals surface area contributed by atoms with Gasteiger partial charge in [-0.05, 0) is 50.5 Å². The Kier molecular flexibility index (Phi) is 5.85. The molecule has 1 aromatic heterocycles. The zero-order valence-corrected chi connectivity index (χ0v) is 14.0. The molecule has 1 N–H and O–H groups in total. The number of nitrogens with one attached hydrogen (secondary N) is 1. The fourth-order valence-corrected chi connectivity index (χ4v) is 4.26. The topological polar surface area (TPSA) is 37.8 Å². The van der Waals surface area contributed by atoms with Crippen molar-refractivity contribution in [2.24, 2.45) is 0 Å². The van der Waals surface area contributed by atoms with E-state index in [0.717, 1.165) is 18.9 Å². The van der Waals surface area contributed by atoms with E-state index >= 15 is 0 Å². The van der Waals surface area contributed by atoms with Gasteiger partial charge in [0.05, 0.1) is 5.25 Å². The van der Waals surface area contributed by atoms with Crippen LogP contribution in [0.4, 0.5) is 0 Å². The van der Waals surface area contributed by atoms with Gasteiger partial charge in [0.2, 0.25) is 0 Å². The Bertz CT molecular complexity index is 418. The van der Waals surface area contributed by atoms with Crippen molar-refractivity contribution in [2.75, 3.05) is 18.8 Å². The summed E-state index contributed by atoms with van der Waals surface area (Å²) in [6.45, 7) is 10.7. The maximum Gasteiger partial charge on any atom is 0.141 e. The summed E-state index contributed by atoms with van der Waals surface area (Å²) in [5, 5.41) is 3.93. The van der Waals surface area contributed by atoms with Gasteiger partial charge in [0.15, 0.2) is 0 Å². The molecule has 0 saturated carbocycles. The van der Waals surface area contributed by atoms with Crippen molar-refractivity contribution in [2.45, 2.75) is 58.1 Å². The van der Waals surface area contributed by atoms with Crippen LogP contribution in [0.3, 0.4) is 0 Å². The molecule has 20 heavy (non-hydrogen) atoms. The van der Waals surface area contributed by atoms with Crippen molar-refractivity contribution >= 4 is 11.8 Å². The Balaban J connectivity index is 2.19. The lowest BCUT2D eigenvalue weighted by Gasteiger charge is -2.23. The van der Waals surface area contributed by atoms with Crippen molar-refractivity contribution in [3.63, 3.8) is 0 Å². The highest BCUT2D eigenvalue weighted by atomic mass is 32.2. The van der Waals surface area contributed by atoms with Gasteiger partial charge in [0.25, 0.3) is 0 Å². The van der Waals surface area contributed by atoms with Gasteiger partial charge >= 0.3 is 0 Å². The van der Waals surface area contributed by atoms with Crippen LogP contribution in [0.25, 0.3) is 0 Å². The molecule has 0 aliphatic carbocycles. The Morgan fingerprint density at radius 1 is 1.25 bits per heavy atom. The van der Waals surface area contributed by atoms with Crippen LogP contribution >= 0.6 is 11.8 Å². The molecule has 0 amide bonds. The van der Waals surface area contributed by atoms with E-state index in [9.17, 15) is 0 Å². The van der Waals surface area contributed by atoms with E-state index < -0.39 is 0 Å². The predicted molar refractivity (Wildman–Crippen MR) is 87.5 cm³/mol. The molecule has 1 fully saturated rings. The number of aromatic nitrogens is 2. The number of thioether (sulfide) groups is 1. The summed E-state index contributed by atoms with van der Waals surface area (Å²) < 4.78 is 0. The predicted octanol–water partition coefficient (Wildman–Crippen LogP) is 3.76. The molecule has 0 aromatic carbocycles. The van der Waals surface area contributed by atoms with E-state index in [1.807, 2.05) is 11.8 Å². The average molecular weight is 293 g/mol. The highest BCUT2D eigenvalue weighted by molar-refractivity contribution is 7.99. The van der Waals surface area contributed by atoms with Crippen LogP contribution < -0.4 is 5.32 Å². The smallest absolute Gasteiger partial charge is 0.141 e. The van der Waals surface area contributed by atoms with Crippen LogP contribution in [-0.4, -0.2) is 28.8 Å². The molecule has 0 radical (unpaired) electrons. The molecule has 0 spiro atoms. The normalized spacial score (nSPS) is 20.9. The maximum absolute atomic E-state index is 4.83. The fourth-order valence-electron chi connectivity index (χ4n) is 3.02. The largest absolute Gasteiger partial charge is 0.316 e. The lowest BCUT2D eigenvalue weighted by Crippen LogP contribution is -2.22. The summed E-state index contributed by atoms with van der Waals surface area (Å²) in [5.41, 5.74) is 3.67. The number of likely N-dealkylation sites (N-methyl/N-ethyl adjacent to an activating group) is 1. The molecule has 2 unspecified atom stereocenters. The average Bonchev–Trinajstić information content (AvgIpc) is 2.45. The Morgan fingerprint density at radius 3 is 2.50 bits per heavy atom. The van der Waals surface area contributed by atoms with E-state index in [1.54, 1.807) is 0 Å². The monoisotopic (exact) mass is 293 g/mol. The molecule has 3 nitrogen and oxygen atoms in total. The number of rotatable bonds is 5. The number of aryl methyl sites for hydroxylation is 2. The highest BCUT2D eigenvalue weighted by Gasteiger charge is 2.22. The summed E-state index contributed by atoms with van der Waals surface area (Å²) in [5.74, 6) is 2.79. The van der Waals surface area contributed by atoms with Gasteiger partial charge in [-0.3, -0.25) is 0 Å². The number of hydrogen-bond donors (Lipinski definition) is 1. The SMILES string of the molecule is CCNCC(C)c1c(C)nc(C2CCCCS2)nc1C. The Labute approximate surface area is 127 Å². The minimum Gasteiger partial charge on any atom is -0.316 e. The second-order valence-electron chi connectivity index (χ2n) is 5.73. The lowest BCUT2D eigenvalue weighted by atomic mass is 9.97. The van der Waals surface area contributed by atoms with Gasteiger partial charge < -0.3 is 5.32 Å². The Hall–Kier alpha value is -0.610. The first kappa shape index (κ1) is 15.8. The molecule has 4 heteroatoms. The van der Waals surface area contributed by atoms with Crippen molar-refractivity contribution in [3.05, 3.63) is 22.8 Å². The van der Waals surface area contributed by atoms with Crippen molar-refractivity contribution < 1.29 is 0 Å². The van der Waals surface area contributed by atoms with Gasteiger partial charge in [-0.15, -0.1) is 0 Å². The first-order chi connectivity index (χ1) is 9.63. The van der Waals surface area contributed by atoms with E-state index in [2.05, 4.69) is 33.0 Å². The molecule has 2 atom stereocenters. The van der Waals surface area contributed by atoms with E-state index in [0.29, 0.717) is 11.2 Å². The van der Waals surface area contributed by atoms with Gasteiger partial charge in [-0.2, -0.15) is 11.8 Å². The molecule has 112 valence electrons. The summed E-state index contributed by atoms with van der Waals surface area (Å²) >= 11 is 2.02. The third kappa shape index (κ3) is 3.73. The first-order valence-corrected chi connectivity index (χ1v) is 8.85. The number of nitrogens with zero attached hydrogens (tertiary/aromatic N) is 2. The van der Waals surface area contributed by atoms with Crippen molar-refractivity contribution in [3.8, 4) is 0 Å². The highest BCUT2D eigenvalue weighted by Crippen LogP contribution is 2.37. The molecule has 1 aliphatic rings. The third-order valence-electron chi connectivity index (χ3n) is 4.01. The van der Waals surface area contributed by atoms with Crippen LogP contribution in [0.2, 0.25) is 0 Å². The van der Waals surface area contributed by atoms with E-state index in [4.69, 9.17) is 9.97 Å². The molecule has 0 bridgehead atoms. The zero-order valence-electron chi connectivity index (χ0n) is 13.2. The molecule has 1 saturated heterocycles. The molecule has 1 aliphatic heterocycles. The molecule has 2 heterocycles. The lowest BCUT2D eigenvalue weighted by molar-refractivity contribution is 0.615. The number of hydrogen-bond acceptors (Lipinski definition) is 4. The minimum atomic E-state index is 0.475. The summed E-state index contributed by atoms with van der Waals surface area (Å²) in [4.78, 5) is 9.65. The quantitative estimate of drug-likeness (QED) is 0.897. The second-order valence-corrected chi connectivity index (χ2v) is 7.04. The Morgan fingerprint density at radius 2 is 1.95 bits per heavy atom. The summed E-state index contributed by atoms with van der Waals surface area (Å²) in [6.07, 6.45) is 3.89. The van der Waals surface area contributed by atoms with Crippen LogP contribution in [-0.2, 0) is 0 Å². The first-order valence-electron chi connectivity index (χ1n) is 7.80. The molecular weight excluding hydrogens is 266 g/mol. The van der Waals surface area contributed by atoms with Crippen LogP contribution in [0.5, 0.6) is 0 Å². The standard InChI is InChI=1S/C16H27N3S/c1-5-17-10-11(2)15-12(3)18-16(19-13(15)4)14-8-6-7-9-20-14/h11,14,17H,5-10H2,1-4H3. The van der Waals surface area contributed by atoms with Gasteiger partial charge in [0.1, 0.15) is 5.82 Å². The van der Waals surface area contributed by atoms with Crippen molar-refractivity contribution in [1.82, 2.24) is 15.3 Å². The van der Waals surface area contributed by atoms with Crippen LogP contribution in [0.15, 0.2) is 0 Å². The zero-order chi connectivity index (χ0) is 14.5. The van der Waals surface area contributed by atoms with Crippen LogP contribution in [0, 0.1) is 13.8 Å². The van der Waals surface area contributed by atoms with Crippen molar-refractivity contribution in [1.29, 1.82) is 0 Å². The summed E-state index contributed by atoms with van der Waals surface area (Å²) in [7, 11) is 0. The molecular formula is C16H27N3S. The van der Waals surface area contributed by atoms with Gasteiger partial charge in [-0.1, -0.05) is 20.3 Å². The second kappa shape index (κ2) is 7.41. The third-order valence-corrected chi connectivity index (χ3v) is 5.38. The minimum absolute atomic E-state index is 0.475. The van der Waals surface area contributed by atoms with Gasteiger partial charge in [-0.25, -0.2) is 9.97 Å². The fraction of sp³-hybridized carbons (Fsp3) is 0.750. The summed E-state index contributed by atoms with van der Waals surface area (Å²) in [6, 6.07) is 0. The van der Waals surface area contributed by atoms with Gasteiger partial charge in [0, 0.05) is 17.9 Å². The molecule has 2 rings (SSSR count).